The van der Waals surface area contributed by atoms with E-state index in [9.17, 15) is 14.3 Å². The molecular formula is C17H19FNO3-. The fourth-order valence-electron chi connectivity index (χ4n) is 2.46. The zero-order valence-electron chi connectivity index (χ0n) is 12.5. The first kappa shape index (κ1) is 16.2. The van der Waals surface area contributed by atoms with Crippen LogP contribution < -0.4 is 5.11 Å². The van der Waals surface area contributed by atoms with Gasteiger partial charge in [-0.15, -0.1) is 0 Å². The number of carbonyl (C=O) groups is 1. The summed E-state index contributed by atoms with van der Waals surface area (Å²) in [6.45, 7) is 1.34. The summed E-state index contributed by atoms with van der Waals surface area (Å²) in [5, 5.41) is 10.7. The van der Waals surface area contributed by atoms with Crippen LogP contribution in [0.4, 0.5) is 4.39 Å². The van der Waals surface area contributed by atoms with E-state index >= 15 is 0 Å². The van der Waals surface area contributed by atoms with Crippen molar-refractivity contribution in [1.82, 2.24) is 4.57 Å². The number of aromatic nitrogens is 1. The molecule has 1 aromatic carbocycles. The van der Waals surface area contributed by atoms with Gasteiger partial charge in [0.2, 0.25) is 0 Å². The summed E-state index contributed by atoms with van der Waals surface area (Å²) in [5.41, 5.74) is 2.78. The van der Waals surface area contributed by atoms with E-state index in [1.54, 1.807) is 19.2 Å². The number of ether oxygens (including phenoxy) is 1. The van der Waals surface area contributed by atoms with Crippen LogP contribution in [0, 0.1) is 5.82 Å². The lowest BCUT2D eigenvalue weighted by molar-refractivity contribution is -0.305. The van der Waals surface area contributed by atoms with Gasteiger partial charge in [-0.05, 0) is 61.2 Å². The summed E-state index contributed by atoms with van der Waals surface area (Å²) in [7, 11) is 1.65. The van der Waals surface area contributed by atoms with Gasteiger partial charge < -0.3 is 19.2 Å². The van der Waals surface area contributed by atoms with Gasteiger partial charge >= 0.3 is 0 Å². The van der Waals surface area contributed by atoms with E-state index in [0.29, 0.717) is 13.0 Å². The molecule has 4 nitrogen and oxygen atoms in total. The number of carboxylic acid groups (broad SMARTS) is 1. The first-order valence-corrected chi connectivity index (χ1v) is 7.25. The molecule has 22 heavy (non-hydrogen) atoms. The third-order valence-corrected chi connectivity index (χ3v) is 3.53. The molecule has 0 saturated carbocycles. The minimum Gasteiger partial charge on any atom is -0.550 e. The highest BCUT2D eigenvalue weighted by molar-refractivity contribution is 5.65. The molecule has 0 atom stereocenters. The van der Waals surface area contributed by atoms with E-state index in [2.05, 4.69) is 4.57 Å². The molecule has 2 rings (SSSR count). The Balaban J connectivity index is 2.27. The van der Waals surface area contributed by atoms with Crippen molar-refractivity contribution in [2.75, 3.05) is 13.7 Å². The normalized spacial score (nSPS) is 10.8. The topological polar surface area (TPSA) is 54.3 Å². The molecule has 0 N–H and O–H groups in total. The highest BCUT2D eigenvalue weighted by Gasteiger charge is 2.10. The minimum absolute atomic E-state index is 0.0167. The van der Waals surface area contributed by atoms with Crippen LogP contribution in [0.3, 0.4) is 0 Å². The predicted octanol–water partition coefficient (Wildman–Crippen LogP) is 2.01. The Hall–Kier alpha value is -2.14. The molecule has 0 bridgehead atoms. The van der Waals surface area contributed by atoms with E-state index in [1.807, 2.05) is 12.1 Å². The number of nitrogens with zero attached hydrogens (tertiary/aromatic N) is 1. The molecule has 0 aliphatic heterocycles. The van der Waals surface area contributed by atoms with E-state index in [-0.39, 0.29) is 12.2 Å². The summed E-state index contributed by atoms with van der Waals surface area (Å²) in [4.78, 5) is 10.7. The second kappa shape index (κ2) is 7.75. The van der Waals surface area contributed by atoms with Crippen molar-refractivity contribution in [1.29, 1.82) is 0 Å². The van der Waals surface area contributed by atoms with Crippen LogP contribution >= 0.6 is 0 Å². The van der Waals surface area contributed by atoms with E-state index in [4.69, 9.17) is 4.74 Å². The summed E-state index contributed by atoms with van der Waals surface area (Å²) in [6, 6.07) is 10.1. The Kier molecular flexibility index (Phi) is 5.72. The number of hydrogen-bond acceptors (Lipinski definition) is 3. The summed E-state index contributed by atoms with van der Waals surface area (Å²) in [5.74, 6) is -1.34. The van der Waals surface area contributed by atoms with Crippen molar-refractivity contribution in [3.8, 4) is 11.3 Å². The monoisotopic (exact) mass is 304 g/mol. The third-order valence-electron chi connectivity index (χ3n) is 3.53. The second-order valence-electron chi connectivity index (χ2n) is 5.09. The lowest BCUT2D eigenvalue weighted by atomic mass is 10.1. The molecule has 5 heteroatoms. The van der Waals surface area contributed by atoms with Gasteiger partial charge in [-0.2, -0.15) is 0 Å². The summed E-state index contributed by atoms with van der Waals surface area (Å²) < 4.78 is 20.2. The standard InChI is InChI=1S/C17H20FNO3/c1-22-12-2-11-19-15(8-10-17(20)21)7-9-16(19)13-3-5-14(18)6-4-13/h3-7,9H,2,8,10-12H2,1H3,(H,20,21)/p-1. The van der Waals surface area contributed by atoms with Crippen LogP contribution in [0.5, 0.6) is 0 Å². The quantitative estimate of drug-likeness (QED) is 0.701. The molecule has 0 spiro atoms. The number of benzene rings is 1. The van der Waals surface area contributed by atoms with Crippen LogP contribution in [-0.2, 0) is 22.5 Å². The van der Waals surface area contributed by atoms with Gasteiger partial charge in [0.15, 0.2) is 0 Å². The van der Waals surface area contributed by atoms with E-state index < -0.39 is 5.97 Å². The first-order valence-electron chi connectivity index (χ1n) is 7.25. The van der Waals surface area contributed by atoms with Crippen molar-refractivity contribution < 1.29 is 19.0 Å². The fourth-order valence-corrected chi connectivity index (χ4v) is 2.46. The molecule has 0 fully saturated rings. The maximum atomic E-state index is 13.1. The van der Waals surface area contributed by atoms with Gasteiger partial charge in [-0.1, -0.05) is 0 Å². The molecule has 2 aromatic rings. The molecule has 0 aliphatic carbocycles. The number of carbonyl (C=O) groups excluding carboxylic acids is 1. The minimum atomic E-state index is -1.06. The number of aliphatic carboxylic acids is 1. The van der Waals surface area contributed by atoms with Gasteiger partial charge in [0.25, 0.3) is 0 Å². The summed E-state index contributed by atoms with van der Waals surface area (Å²) in [6.07, 6.45) is 1.21. The highest BCUT2D eigenvalue weighted by Crippen LogP contribution is 2.24. The van der Waals surface area contributed by atoms with Gasteiger partial charge in [0.1, 0.15) is 5.82 Å². The van der Waals surface area contributed by atoms with Crippen molar-refractivity contribution >= 4 is 5.97 Å². The number of hydrogen-bond donors (Lipinski definition) is 0. The van der Waals surface area contributed by atoms with Crippen LogP contribution in [-0.4, -0.2) is 24.3 Å². The Labute approximate surface area is 129 Å². The van der Waals surface area contributed by atoms with Crippen molar-refractivity contribution in [2.24, 2.45) is 0 Å². The maximum absolute atomic E-state index is 13.1. The first-order chi connectivity index (χ1) is 10.6. The molecule has 1 heterocycles. The van der Waals surface area contributed by atoms with E-state index in [0.717, 1.165) is 29.9 Å². The summed E-state index contributed by atoms with van der Waals surface area (Å²) >= 11 is 0. The second-order valence-corrected chi connectivity index (χ2v) is 5.09. The van der Waals surface area contributed by atoms with Crippen molar-refractivity contribution in [3.63, 3.8) is 0 Å². The van der Waals surface area contributed by atoms with Gasteiger partial charge in [-0.25, -0.2) is 4.39 Å². The molecule has 1 aromatic heterocycles. The average molecular weight is 304 g/mol. The van der Waals surface area contributed by atoms with Crippen LogP contribution in [0.15, 0.2) is 36.4 Å². The molecule has 0 saturated heterocycles. The number of methoxy groups -OCH3 is 1. The number of carboxylic acids is 1. The van der Waals surface area contributed by atoms with Gasteiger partial charge in [0, 0.05) is 37.6 Å². The third kappa shape index (κ3) is 4.18. The van der Waals surface area contributed by atoms with Crippen molar-refractivity contribution in [3.05, 3.63) is 47.9 Å². The van der Waals surface area contributed by atoms with Crippen LogP contribution in [0.2, 0.25) is 0 Å². The zero-order chi connectivity index (χ0) is 15.9. The Bertz CT molecular complexity index is 619. The SMILES string of the molecule is COCCCn1c(CCC(=O)[O-])ccc1-c1ccc(F)cc1. The number of halogens is 1. The fraction of sp³-hybridized carbons (Fsp3) is 0.353. The largest absolute Gasteiger partial charge is 0.550 e. The van der Waals surface area contributed by atoms with Crippen molar-refractivity contribution in [2.45, 2.75) is 25.8 Å². The van der Waals surface area contributed by atoms with Gasteiger partial charge in [-0.3, -0.25) is 0 Å². The average Bonchev–Trinajstić information content (AvgIpc) is 2.89. The predicted molar refractivity (Wildman–Crippen MR) is 79.6 cm³/mol. The molecule has 0 amide bonds. The zero-order valence-corrected chi connectivity index (χ0v) is 12.5. The molecule has 0 radical (unpaired) electrons. The Morgan fingerprint density at radius 1 is 1.23 bits per heavy atom. The smallest absolute Gasteiger partial charge is 0.123 e. The maximum Gasteiger partial charge on any atom is 0.123 e. The Morgan fingerprint density at radius 2 is 1.95 bits per heavy atom. The highest BCUT2D eigenvalue weighted by atomic mass is 19.1. The Morgan fingerprint density at radius 3 is 2.59 bits per heavy atom. The number of rotatable bonds is 8. The van der Waals surface area contributed by atoms with Gasteiger partial charge in [0.05, 0.1) is 0 Å². The lowest BCUT2D eigenvalue weighted by Gasteiger charge is -2.14. The number of aryl methyl sites for hydroxylation is 1. The molecular weight excluding hydrogens is 285 g/mol. The van der Waals surface area contributed by atoms with E-state index in [1.165, 1.54) is 12.1 Å². The van der Waals surface area contributed by atoms with Crippen LogP contribution in [0.1, 0.15) is 18.5 Å². The molecule has 0 unspecified atom stereocenters. The molecule has 0 aliphatic rings. The lowest BCUT2D eigenvalue weighted by Crippen LogP contribution is -2.23. The molecule has 118 valence electrons. The van der Waals surface area contributed by atoms with Crippen LogP contribution in [0.25, 0.3) is 11.3 Å².